The lowest BCUT2D eigenvalue weighted by molar-refractivity contribution is -0.127. The third kappa shape index (κ3) is 1.87. The van der Waals surface area contributed by atoms with E-state index in [1.165, 1.54) is 0 Å². The molecule has 0 aromatic rings. The van der Waals surface area contributed by atoms with Gasteiger partial charge in [-0.3, -0.25) is 4.79 Å². The van der Waals surface area contributed by atoms with Crippen molar-refractivity contribution in [1.82, 2.24) is 4.90 Å². The fourth-order valence-corrected chi connectivity index (χ4v) is 1.73. The molecule has 0 aliphatic carbocycles. The zero-order valence-electron chi connectivity index (χ0n) is 6.66. The molecule has 1 rings (SSSR count). The van der Waals surface area contributed by atoms with Crippen molar-refractivity contribution in [3.63, 3.8) is 0 Å². The van der Waals surface area contributed by atoms with Crippen LogP contribution in [0.15, 0.2) is 0 Å². The lowest BCUT2D eigenvalue weighted by Crippen LogP contribution is -2.31. The summed E-state index contributed by atoms with van der Waals surface area (Å²) in [5, 5.41) is 0. The Bertz CT molecular complexity index is 163. The molecule has 2 atom stereocenters. The molecule has 1 fully saturated rings. The summed E-state index contributed by atoms with van der Waals surface area (Å²) >= 11 is 4.17. The van der Waals surface area contributed by atoms with Gasteiger partial charge in [-0.05, 0) is 5.75 Å². The molecule has 64 valence electrons. The van der Waals surface area contributed by atoms with E-state index < -0.39 is 0 Å². The second-order valence-electron chi connectivity index (χ2n) is 3.03. The monoisotopic (exact) mass is 174 g/mol. The summed E-state index contributed by atoms with van der Waals surface area (Å²) in [6.07, 6.45) is 0. The summed E-state index contributed by atoms with van der Waals surface area (Å²) in [5.74, 6) is 1.26. The maximum absolute atomic E-state index is 10.9. The van der Waals surface area contributed by atoms with Crippen molar-refractivity contribution < 1.29 is 4.79 Å². The van der Waals surface area contributed by atoms with Crippen molar-refractivity contribution in [3.05, 3.63) is 0 Å². The quantitative estimate of drug-likeness (QED) is 0.537. The number of likely N-dealkylation sites (tertiary alicyclic amines) is 1. The fraction of sp³-hybridized carbons (Fsp3) is 0.857. The SMILES string of the molecule is CC(=O)N1CC(N)C(CS)C1. The van der Waals surface area contributed by atoms with Crippen molar-refractivity contribution in [1.29, 1.82) is 0 Å². The van der Waals surface area contributed by atoms with Gasteiger partial charge in [0, 0.05) is 32.0 Å². The first-order chi connectivity index (χ1) is 5.15. The highest BCUT2D eigenvalue weighted by molar-refractivity contribution is 7.80. The molecule has 0 aromatic carbocycles. The Labute approximate surface area is 72.3 Å². The highest BCUT2D eigenvalue weighted by Crippen LogP contribution is 2.16. The molecular formula is C7H14N2OS. The average molecular weight is 174 g/mol. The Kier molecular flexibility index (Phi) is 2.78. The van der Waals surface area contributed by atoms with Crippen molar-refractivity contribution in [2.24, 2.45) is 11.7 Å². The van der Waals surface area contributed by atoms with Gasteiger partial charge in [0.1, 0.15) is 0 Å². The van der Waals surface area contributed by atoms with Gasteiger partial charge < -0.3 is 10.6 Å². The van der Waals surface area contributed by atoms with Crippen LogP contribution >= 0.6 is 12.6 Å². The minimum atomic E-state index is 0.115. The molecule has 0 saturated carbocycles. The summed E-state index contributed by atoms with van der Waals surface area (Å²) in [7, 11) is 0. The van der Waals surface area contributed by atoms with Crippen molar-refractivity contribution >= 4 is 18.5 Å². The lowest BCUT2D eigenvalue weighted by atomic mass is 10.1. The van der Waals surface area contributed by atoms with E-state index in [-0.39, 0.29) is 11.9 Å². The normalized spacial score (nSPS) is 31.0. The smallest absolute Gasteiger partial charge is 0.219 e. The summed E-state index contributed by atoms with van der Waals surface area (Å²) in [6.45, 7) is 3.05. The first-order valence-electron chi connectivity index (χ1n) is 3.77. The number of thiol groups is 1. The predicted molar refractivity (Wildman–Crippen MR) is 47.6 cm³/mol. The Balaban J connectivity index is 2.49. The second kappa shape index (κ2) is 3.45. The average Bonchev–Trinajstić information content (AvgIpc) is 2.31. The van der Waals surface area contributed by atoms with E-state index in [4.69, 9.17) is 5.73 Å². The zero-order chi connectivity index (χ0) is 8.43. The van der Waals surface area contributed by atoms with E-state index in [1.54, 1.807) is 11.8 Å². The molecule has 0 spiro atoms. The summed E-state index contributed by atoms with van der Waals surface area (Å²) in [6, 6.07) is 0.122. The molecule has 2 N–H and O–H groups in total. The van der Waals surface area contributed by atoms with Gasteiger partial charge in [-0.1, -0.05) is 0 Å². The van der Waals surface area contributed by atoms with Gasteiger partial charge in [0.25, 0.3) is 0 Å². The molecule has 1 saturated heterocycles. The zero-order valence-corrected chi connectivity index (χ0v) is 7.55. The fourth-order valence-electron chi connectivity index (χ4n) is 1.35. The van der Waals surface area contributed by atoms with E-state index in [2.05, 4.69) is 12.6 Å². The summed E-state index contributed by atoms with van der Waals surface area (Å²) in [5.41, 5.74) is 5.77. The topological polar surface area (TPSA) is 46.3 Å². The standard InChI is InChI=1S/C7H14N2OS/c1-5(10)9-2-6(4-11)7(8)3-9/h6-7,11H,2-4,8H2,1H3. The van der Waals surface area contributed by atoms with Crippen LogP contribution in [0.2, 0.25) is 0 Å². The van der Waals surface area contributed by atoms with Crippen LogP contribution in [-0.4, -0.2) is 35.7 Å². The van der Waals surface area contributed by atoms with Gasteiger partial charge in [0.15, 0.2) is 0 Å². The number of nitrogens with two attached hydrogens (primary N) is 1. The van der Waals surface area contributed by atoms with Gasteiger partial charge in [-0.15, -0.1) is 0 Å². The molecule has 0 bridgehead atoms. The Morgan fingerprint density at radius 3 is 2.64 bits per heavy atom. The first-order valence-corrected chi connectivity index (χ1v) is 4.40. The van der Waals surface area contributed by atoms with Crippen LogP contribution < -0.4 is 5.73 Å². The number of hydrogen-bond acceptors (Lipinski definition) is 3. The molecule has 11 heavy (non-hydrogen) atoms. The van der Waals surface area contributed by atoms with E-state index >= 15 is 0 Å². The molecule has 3 nitrogen and oxygen atoms in total. The van der Waals surface area contributed by atoms with Crippen LogP contribution in [0.3, 0.4) is 0 Å². The maximum atomic E-state index is 10.9. The third-order valence-corrected chi connectivity index (χ3v) is 2.64. The van der Waals surface area contributed by atoms with Crippen LogP contribution in [0.25, 0.3) is 0 Å². The first kappa shape index (κ1) is 8.87. The van der Waals surface area contributed by atoms with Crippen LogP contribution in [-0.2, 0) is 4.79 Å². The molecule has 1 aliphatic heterocycles. The number of amides is 1. The van der Waals surface area contributed by atoms with Gasteiger partial charge in [0.05, 0.1) is 0 Å². The molecule has 4 heteroatoms. The predicted octanol–water partition coefficient (Wildman–Crippen LogP) is -0.278. The number of carbonyl (C=O) groups excluding carboxylic acids is 1. The van der Waals surface area contributed by atoms with E-state index in [1.807, 2.05) is 0 Å². The molecular weight excluding hydrogens is 160 g/mol. The largest absolute Gasteiger partial charge is 0.341 e. The number of hydrogen-bond donors (Lipinski definition) is 2. The van der Waals surface area contributed by atoms with Gasteiger partial charge >= 0.3 is 0 Å². The minimum absolute atomic E-state index is 0.115. The molecule has 1 aliphatic rings. The maximum Gasteiger partial charge on any atom is 0.219 e. The Morgan fingerprint density at radius 1 is 1.73 bits per heavy atom. The number of nitrogens with zero attached hydrogens (tertiary/aromatic N) is 1. The van der Waals surface area contributed by atoms with Crippen LogP contribution in [0, 0.1) is 5.92 Å². The highest BCUT2D eigenvalue weighted by Gasteiger charge is 2.29. The molecule has 1 heterocycles. The van der Waals surface area contributed by atoms with E-state index in [0.29, 0.717) is 12.5 Å². The highest BCUT2D eigenvalue weighted by atomic mass is 32.1. The second-order valence-corrected chi connectivity index (χ2v) is 3.40. The third-order valence-electron chi connectivity index (χ3n) is 2.17. The van der Waals surface area contributed by atoms with Crippen molar-refractivity contribution in [3.8, 4) is 0 Å². The molecule has 0 aromatic heterocycles. The number of rotatable bonds is 1. The molecule has 1 amide bonds. The Hall–Kier alpha value is -0.220. The van der Waals surface area contributed by atoms with Crippen molar-refractivity contribution in [2.45, 2.75) is 13.0 Å². The van der Waals surface area contributed by atoms with Crippen LogP contribution in [0.4, 0.5) is 0 Å². The van der Waals surface area contributed by atoms with Crippen molar-refractivity contribution in [2.75, 3.05) is 18.8 Å². The molecule has 0 radical (unpaired) electrons. The van der Waals surface area contributed by atoms with Crippen LogP contribution in [0.1, 0.15) is 6.92 Å². The van der Waals surface area contributed by atoms with Gasteiger partial charge in [0.2, 0.25) is 5.91 Å². The van der Waals surface area contributed by atoms with Gasteiger partial charge in [-0.25, -0.2) is 0 Å². The number of carbonyl (C=O) groups is 1. The van der Waals surface area contributed by atoms with E-state index in [9.17, 15) is 4.79 Å². The van der Waals surface area contributed by atoms with E-state index in [0.717, 1.165) is 12.3 Å². The van der Waals surface area contributed by atoms with Crippen LogP contribution in [0.5, 0.6) is 0 Å². The van der Waals surface area contributed by atoms with Gasteiger partial charge in [-0.2, -0.15) is 12.6 Å². The minimum Gasteiger partial charge on any atom is -0.341 e. The lowest BCUT2D eigenvalue weighted by Gasteiger charge is -2.11. The molecule has 2 unspecified atom stereocenters. The summed E-state index contributed by atoms with van der Waals surface area (Å²) in [4.78, 5) is 12.7. The summed E-state index contributed by atoms with van der Waals surface area (Å²) < 4.78 is 0. The Morgan fingerprint density at radius 2 is 2.36 bits per heavy atom.